The number of hydrogen-bond acceptors (Lipinski definition) is 4. The van der Waals surface area contributed by atoms with Crippen molar-refractivity contribution < 1.29 is 4.74 Å². The normalized spacial score (nSPS) is 13.5. The minimum absolute atomic E-state index is 0.123. The number of aryl methyl sites for hydroxylation is 2. The van der Waals surface area contributed by atoms with Crippen molar-refractivity contribution in [3.05, 3.63) is 223 Å². The molecular weight excluding hydrogens is 800 g/mol. The molecule has 9 aromatic rings. The fraction of sp³-hybridized carbons (Fsp3) is 0.100. The zero-order valence-corrected chi connectivity index (χ0v) is 36.9. The SMILES string of the molecule is c1ccc(N2c3ccccc3B3c4ccccc4Oc4cc(CCCCCCc5cc6c7c(c5)N(c5ccccc5)c5ccccc5B7c5ccccc5N6c5ccccc5)cc2c43)cc1. The van der Waals surface area contributed by atoms with Crippen molar-refractivity contribution in [1.82, 2.24) is 0 Å². The van der Waals surface area contributed by atoms with Gasteiger partial charge in [0.2, 0.25) is 0 Å². The summed E-state index contributed by atoms with van der Waals surface area (Å²) in [5, 5.41) is 0. The fourth-order valence-electron chi connectivity index (χ4n) is 11.5. The molecule has 0 fully saturated rings. The Kier molecular flexibility index (Phi) is 9.44. The Morgan fingerprint density at radius 3 is 1.14 bits per heavy atom. The summed E-state index contributed by atoms with van der Waals surface area (Å²) in [7, 11) is 0. The van der Waals surface area contributed by atoms with Crippen molar-refractivity contribution >= 4 is 97.4 Å². The van der Waals surface area contributed by atoms with E-state index in [1.807, 2.05) is 0 Å². The molecular formula is C60H47B2N3O. The highest BCUT2D eigenvalue weighted by Crippen LogP contribution is 2.45. The first-order valence-corrected chi connectivity index (χ1v) is 23.7. The van der Waals surface area contributed by atoms with Gasteiger partial charge in [0.15, 0.2) is 0 Å². The minimum atomic E-state index is 0.123. The van der Waals surface area contributed by atoms with Gasteiger partial charge in [-0.2, -0.15) is 0 Å². The molecule has 0 amide bonds. The summed E-state index contributed by atoms with van der Waals surface area (Å²) < 4.78 is 6.80. The highest BCUT2D eigenvalue weighted by Gasteiger charge is 2.44. The van der Waals surface area contributed by atoms with Crippen molar-refractivity contribution in [2.24, 2.45) is 0 Å². The zero-order valence-electron chi connectivity index (χ0n) is 36.9. The van der Waals surface area contributed by atoms with Crippen LogP contribution in [0.25, 0.3) is 0 Å². The molecule has 4 aliphatic heterocycles. The second-order valence-electron chi connectivity index (χ2n) is 18.2. The average Bonchev–Trinajstić information content (AvgIpc) is 3.37. The predicted molar refractivity (Wildman–Crippen MR) is 279 cm³/mol. The van der Waals surface area contributed by atoms with Gasteiger partial charge < -0.3 is 19.4 Å². The summed E-state index contributed by atoms with van der Waals surface area (Å²) in [5.41, 5.74) is 21.7. The first-order valence-electron chi connectivity index (χ1n) is 23.7. The maximum absolute atomic E-state index is 6.80. The number of benzene rings is 9. The summed E-state index contributed by atoms with van der Waals surface area (Å²) in [6, 6.07) is 78.1. The number of rotatable bonds is 10. The number of fused-ring (bicyclic) bond motifs is 8. The first kappa shape index (κ1) is 38.7. The van der Waals surface area contributed by atoms with Crippen molar-refractivity contribution in [1.29, 1.82) is 0 Å². The molecule has 0 aromatic heterocycles. The zero-order chi connectivity index (χ0) is 43.6. The molecule has 0 unspecified atom stereocenters. The van der Waals surface area contributed by atoms with Gasteiger partial charge in [0, 0.05) is 51.2 Å². The van der Waals surface area contributed by atoms with E-state index in [-0.39, 0.29) is 13.4 Å². The number of nitrogens with zero attached hydrogens (tertiary/aromatic N) is 3. The highest BCUT2D eigenvalue weighted by atomic mass is 16.5. The van der Waals surface area contributed by atoms with Gasteiger partial charge in [-0.1, -0.05) is 140 Å². The molecule has 6 heteroatoms. The summed E-state index contributed by atoms with van der Waals surface area (Å²) in [6.45, 7) is 0.258. The third-order valence-corrected chi connectivity index (χ3v) is 14.3. The van der Waals surface area contributed by atoms with Gasteiger partial charge in [0.25, 0.3) is 13.4 Å². The fourth-order valence-corrected chi connectivity index (χ4v) is 11.5. The monoisotopic (exact) mass is 847 g/mol. The Morgan fingerprint density at radius 2 is 0.667 bits per heavy atom. The smallest absolute Gasteiger partial charge is 0.256 e. The predicted octanol–water partition coefficient (Wildman–Crippen LogP) is 11.5. The summed E-state index contributed by atoms with van der Waals surface area (Å²) >= 11 is 0. The van der Waals surface area contributed by atoms with Crippen LogP contribution in [0.3, 0.4) is 0 Å². The van der Waals surface area contributed by atoms with Crippen LogP contribution in [0.5, 0.6) is 11.5 Å². The number of hydrogen-bond donors (Lipinski definition) is 0. The quantitative estimate of drug-likeness (QED) is 0.101. The summed E-state index contributed by atoms with van der Waals surface area (Å²) in [6.07, 6.45) is 6.59. The van der Waals surface area contributed by atoms with Gasteiger partial charge in [-0.3, -0.25) is 0 Å². The Labute approximate surface area is 388 Å². The number of unbranched alkanes of at least 4 members (excludes halogenated alkanes) is 3. The maximum atomic E-state index is 6.80. The van der Waals surface area contributed by atoms with Crippen molar-refractivity contribution in [3.8, 4) is 11.5 Å². The molecule has 66 heavy (non-hydrogen) atoms. The number of para-hydroxylation sites is 7. The van der Waals surface area contributed by atoms with Crippen molar-refractivity contribution in [2.75, 3.05) is 14.7 Å². The number of anilines is 9. The molecule has 4 nitrogen and oxygen atoms in total. The van der Waals surface area contributed by atoms with E-state index in [9.17, 15) is 0 Å². The van der Waals surface area contributed by atoms with Gasteiger partial charge in [-0.25, -0.2) is 0 Å². The van der Waals surface area contributed by atoms with Gasteiger partial charge in [0.05, 0.1) is 0 Å². The van der Waals surface area contributed by atoms with E-state index in [0.717, 1.165) is 43.6 Å². The topological polar surface area (TPSA) is 19.0 Å². The highest BCUT2D eigenvalue weighted by molar-refractivity contribution is 7.00. The lowest BCUT2D eigenvalue weighted by Gasteiger charge is -2.44. The Hall–Kier alpha value is -7.69. The van der Waals surface area contributed by atoms with Crippen molar-refractivity contribution in [3.63, 3.8) is 0 Å². The maximum Gasteiger partial charge on any atom is 0.256 e. The third kappa shape index (κ3) is 6.30. The Bertz CT molecular complexity index is 3170. The molecule has 0 atom stereocenters. The van der Waals surface area contributed by atoms with Crippen LogP contribution in [0, 0.1) is 0 Å². The molecule has 0 radical (unpaired) electrons. The van der Waals surface area contributed by atoms with E-state index in [4.69, 9.17) is 4.74 Å². The molecule has 0 saturated carbocycles. The van der Waals surface area contributed by atoms with Gasteiger partial charge in [-0.05, 0) is 155 Å². The van der Waals surface area contributed by atoms with Crippen LogP contribution in [-0.4, -0.2) is 13.4 Å². The molecule has 0 aliphatic carbocycles. The standard InChI is InChI=1S/C60H47B2N3O/c1(2-7-23-43-40-56-60-58(41-43)66-57-37-21-17-33-50(57)62(60)49-32-16-20-36-53(49)65(56)46-28-12-5-13-29-46)6-22-42-38-54-59-55(39-42)64(45-26-10-4-11-27-45)52-35-19-15-31-48(52)61(59)47-30-14-18-34-51(47)63(54)44-24-8-3-9-25-44/h3-5,8-21,24-41H,1-2,6-7,22-23H2. The van der Waals surface area contributed by atoms with Crippen LogP contribution >= 0.6 is 0 Å². The molecule has 0 bridgehead atoms. The van der Waals surface area contributed by atoms with Crippen LogP contribution in [-0.2, 0) is 12.8 Å². The molecule has 0 spiro atoms. The van der Waals surface area contributed by atoms with Crippen LogP contribution in [0.1, 0.15) is 36.8 Å². The second-order valence-corrected chi connectivity index (χ2v) is 18.2. The number of ether oxygens (including phenoxy) is 1. The van der Waals surface area contributed by atoms with E-state index in [2.05, 4.69) is 227 Å². The lowest BCUT2D eigenvalue weighted by atomic mass is 9.33. The summed E-state index contributed by atoms with van der Waals surface area (Å²) in [4.78, 5) is 7.48. The van der Waals surface area contributed by atoms with Crippen LogP contribution in [0.4, 0.5) is 51.2 Å². The molecule has 13 rings (SSSR count). The third-order valence-electron chi connectivity index (χ3n) is 14.3. The van der Waals surface area contributed by atoms with Gasteiger partial charge in [0.1, 0.15) is 11.5 Å². The largest absolute Gasteiger partial charge is 0.458 e. The molecule has 0 N–H and O–H groups in total. The average molecular weight is 848 g/mol. The molecule has 4 heterocycles. The van der Waals surface area contributed by atoms with Crippen LogP contribution < -0.4 is 52.2 Å². The van der Waals surface area contributed by atoms with Crippen LogP contribution in [0.2, 0.25) is 0 Å². The van der Waals surface area contributed by atoms with E-state index in [1.165, 1.54) is 102 Å². The first-order chi connectivity index (χ1) is 32.8. The molecule has 9 aromatic carbocycles. The van der Waals surface area contributed by atoms with E-state index < -0.39 is 0 Å². The van der Waals surface area contributed by atoms with E-state index >= 15 is 0 Å². The molecule has 4 aliphatic rings. The lowest BCUT2D eigenvalue weighted by Crippen LogP contribution is -2.61. The van der Waals surface area contributed by atoms with Crippen molar-refractivity contribution in [2.45, 2.75) is 38.5 Å². The Balaban J connectivity index is 0.807. The molecule has 314 valence electrons. The van der Waals surface area contributed by atoms with Crippen LogP contribution in [0.15, 0.2) is 212 Å². The Morgan fingerprint density at radius 1 is 0.303 bits per heavy atom. The van der Waals surface area contributed by atoms with E-state index in [1.54, 1.807) is 0 Å². The van der Waals surface area contributed by atoms with E-state index in [0.29, 0.717) is 0 Å². The summed E-state index contributed by atoms with van der Waals surface area (Å²) in [5.74, 6) is 1.94. The van der Waals surface area contributed by atoms with Gasteiger partial charge in [-0.15, -0.1) is 0 Å². The molecule has 0 saturated heterocycles. The van der Waals surface area contributed by atoms with Gasteiger partial charge >= 0.3 is 0 Å². The minimum Gasteiger partial charge on any atom is -0.458 e. The second kappa shape index (κ2) is 16.1. The lowest BCUT2D eigenvalue weighted by molar-refractivity contribution is 0.486.